The largest absolute Gasteiger partial charge is 0.490 e. The maximum Gasteiger partial charge on any atom is 0.165 e. The third-order valence-corrected chi connectivity index (χ3v) is 4.29. The zero-order valence-electron chi connectivity index (χ0n) is 12.2. The van der Waals surface area contributed by atoms with Gasteiger partial charge < -0.3 is 14.8 Å². The molecule has 1 aromatic carbocycles. The first kappa shape index (κ1) is 13.7. The molecule has 0 unspecified atom stereocenters. The van der Waals surface area contributed by atoms with Crippen LogP contribution in [0.5, 0.6) is 11.5 Å². The summed E-state index contributed by atoms with van der Waals surface area (Å²) in [6.07, 6.45) is 9.11. The first-order valence-corrected chi connectivity index (χ1v) is 8.04. The predicted octanol–water partition coefficient (Wildman–Crippen LogP) is 3.66. The third-order valence-electron chi connectivity index (χ3n) is 4.29. The third kappa shape index (κ3) is 3.45. The Labute approximate surface area is 121 Å². The van der Waals surface area contributed by atoms with Gasteiger partial charge in [-0.25, -0.2) is 0 Å². The lowest BCUT2D eigenvalue weighted by Crippen LogP contribution is -2.28. The molecular weight excluding hydrogens is 250 g/mol. The van der Waals surface area contributed by atoms with Gasteiger partial charge in [-0.1, -0.05) is 37.8 Å². The van der Waals surface area contributed by atoms with Gasteiger partial charge >= 0.3 is 0 Å². The van der Waals surface area contributed by atoms with Crippen molar-refractivity contribution in [2.75, 3.05) is 13.2 Å². The molecule has 0 atom stereocenters. The molecule has 1 aliphatic heterocycles. The predicted molar refractivity (Wildman–Crippen MR) is 80.4 cm³/mol. The number of hydrogen-bond acceptors (Lipinski definition) is 3. The summed E-state index contributed by atoms with van der Waals surface area (Å²) in [5.41, 5.74) is 1.23. The molecule has 1 aromatic rings. The minimum atomic E-state index is 0.667. The fourth-order valence-corrected chi connectivity index (χ4v) is 3.13. The molecule has 1 saturated carbocycles. The van der Waals surface area contributed by atoms with Gasteiger partial charge in [0.15, 0.2) is 11.5 Å². The molecule has 3 nitrogen and oxygen atoms in total. The SMILES string of the molecule is c1cc(CNC2CCCCCC2)c2c(c1)OCCCO2. The van der Waals surface area contributed by atoms with E-state index >= 15 is 0 Å². The van der Waals surface area contributed by atoms with E-state index in [0.29, 0.717) is 6.04 Å². The molecule has 0 amide bonds. The molecule has 1 fully saturated rings. The van der Waals surface area contributed by atoms with Crippen LogP contribution >= 0.6 is 0 Å². The lowest BCUT2D eigenvalue weighted by molar-refractivity contribution is 0.295. The molecule has 0 spiro atoms. The van der Waals surface area contributed by atoms with E-state index in [4.69, 9.17) is 9.47 Å². The fourth-order valence-electron chi connectivity index (χ4n) is 3.13. The first-order valence-electron chi connectivity index (χ1n) is 8.04. The average Bonchev–Trinajstić information content (AvgIpc) is 2.87. The van der Waals surface area contributed by atoms with Gasteiger partial charge in [0.25, 0.3) is 0 Å². The minimum Gasteiger partial charge on any atom is -0.490 e. The van der Waals surface area contributed by atoms with Crippen molar-refractivity contribution in [1.29, 1.82) is 0 Å². The maximum absolute atomic E-state index is 5.88. The summed E-state index contributed by atoms with van der Waals surface area (Å²) >= 11 is 0. The second kappa shape index (κ2) is 6.98. The second-order valence-electron chi connectivity index (χ2n) is 5.86. The molecule has 3 rings (SSSR count). The molecule has 0 radical (unpaired) electrons. The Bertz CT molecular complexity index is 425. The van der Waals surface area contributed by atoms with Crippen LogP contribution in [0.3, 0.4) is 0 Å². The quantitative estimate of drug-likeness (QED) is 0.854. The van der Waals surface area contributed by atoms with Crippen LogP contribution in [0.25, 0.3) is 0 Å². The monoisotopic (exact) mass is 275 g/mol. The van der Waals surface area contributed by atoms with Crippen molar-refractivity contribution in [3.8, 4) is 11.5 Å². The highest BCUT2D eigenvalue weighted by Crippen LogP contribution is 2.33. The van der Waals surface area contributed by atoms with Crippen molar-refractivity contribution in [3.63, 3.8) is 0 Å². The summed E-state index contributed by atoms with van der Waals surface area (Å²) in [7, 11) is 0. The summed E-state index contributed by atoms with van der Waals surface area (Å²) < 4.78 is 11.6. The van der Waals surface area contributed by atoms with E-state index in [1.807, 2.05) is 6.07 Å². The Hall–Kier alpha value is -1.22. The van der Waals surface area contributed by atoms with E-state index in [9.17, 15) is 0 Å². The zero-order valence-corrected chi connectivity index (χ0v) is 12.2. The van der Waals surface area contributed by atoms with E-state index in [-0.39, 0.29) is 0 Å². The number of fused-ring (bicyclic) bond motifs is 1. The molecule has 3 heteroatoms. The van der Waals surface area contributed by atoms with Gasteiger partial charge in [-0.2, -0.15) is 0 Å². The summed E-state index contributed by atoms with van der Waals surface area (Å²) in [5.74, 6) is 1.86. The van der Waals surface area contributed by atoms with Crippen molar-refractivity contribution in [2.45, 2.75) is 57.5 Å². The molecule has 1 aliphatic carbocycles. The van der Waals surface area contributed by atoms with E-state index in [1.165, 1.54) is 44.1 Å². The summed E-state index contributed by atoms with van der Waals surface area (Å²) in [6.45, 7) is 2.40. The number of ether oxygens (including phenoxy) is 2. The van der Waals surface area contributed by atoms with Gasteiger partial charge in [0.2, 0.25) is 0 Å². The van der Waals surface area contributed by atoms with Gasteiger partial charge in [0.05, 0.1) is 13.2 Å². The van der Waals surface area contributed by atoms with Crippen LogP contribution in [0.4, 0.5) is 0 Å². The van der Waals surface area contributed by atoms with Crippen molar-refractivity contribution in [2.24, 2.45) is 0 Å². The molecule has 1 N–H and O–H groups in total. The normalized spacial score (nSPS) is 20.2. The summed E-state index contributed by atoms with van der Waals surface area (Å²) in [6, 6.07) is 6.89. The van der Waals surface area contributed by atoms with Crippen molar-refractivity contribution >= 4 is 0 Å². The maximum atomic E-state index is 5.88. The first-order chi connectivity index (χ1) is 9.93. The van der Waals surface area contributed by atoms with Gasteiger partial charge in [-0.3, -0.25) is 0 Å². The van der Waals surface area contributed by atoms with Crippen molar-refractivity contribution in [3.05, 3.63) is 23.8 Å². The molecule has 20 heavy (non-hydrogen) atoms. The Kier molecular flexibility index (Phi) is 4.80. The van der Waals surface area contributed by atoms with E-state index < -0.39 is 0 Å². The van der Waals surface area contributed by atoms with Gasteiger partial charge in [0, 0.05) is 24.6 Å². The number of para-hydroxylation sites is 1. The molecule has 1 heterocycles. The minimum absolute atomic E-state index is 0.667. The highest BCUT2D eigenvalue weighted by molar-refractivity contribution is 5.47. The van der Waals surface area contributed by atoms with Crippen LogP contribution < -0.4 is 14.8 Å². The average molecular weight is 275 g/mol. The zero-order chi connectivity index (χ0) is 13.6. The van der Waals surface area contributed by atoms with E-state index in [1.54, 1.807) is 0 Å². The summed E-state index contributed by atoms with van der Waals surface area (Å²) in [4.78, 5) is 0. The molecule has 0 aromatic heterocycles. The standard InChI is InChI=1S/C17H25NO2/c1-2-4-9-15(8-3-1)18-13-14-7-5-10-16-17(14)20-12-6-11-19-16/h5,7,10,15,18H,1-4,6,8-9,11-13H2. The number of benzene rings is 1. The van der Waals surface area contributed by atoms with Crippen LogP contribution in [0, 0.1) is 0 Å². The van der Waals surface area contributed by atoms with Crippen molar-refractivity contribution < 1.29 is 9.47 Å². The van der Waals surface area contributed by atoms with Crippen LogP contribution in [-0.2, 0) is 6.54 Å². The van der Waals surface area contributed by atoms with Crippen molar-refractivity contribution in [1.82, 2.24) is 5.32 Å². The van der Waals surface area contributed by atoms with Gasteiger partial charge in [0.1, 0.15) is 0 Å². The van der Waals surface area contributed by atoms with Crippen LogP contribution in [0.1, 0.15) is 50.5 Å². The van der Waals surface area contributed by atoms with Crippen LogP contribution in [0.15, 0.2) is 18.2 Å². The van der Waals surface area contributed by atoms with E-state index in [0.717, 1.165) is 37.7 Å². The highest BCUT2D eigenvalue weighted by Gasteiger charge is 2.16. The highest BCUT2D eigenvalue weighted by atomic mass is 16.5. The van der Waals surface area contributed by atoms with E-state index in [2.05, 4.69) is 17.4 Å². The Balaban J connectivity index is 1.64. The molecule has 0 saturated heterocycles. The lowest BCUT2D eigenvalue weighted by atomic mass is 10.1. The number of rotatable bonds is 3. The topological polar surface area (TPSA) is 30.5 Å². The molecule has 110 valence electrons. The number of hydrogen-bond donors (Lipinski definition) is 1. The summed E-state index contributed by atoms with van der Waals surface area (Å²) in [5, 5.41) is 3.71. The smallest absolute Gasteiger partial charge is 0.165 e. The van der Waals surface area contributed by atoms with Crippen LogP contribution in [-0.4, -0.2) is 19.3 Å². The Morgan fingerprint density at radius 3 is 2.60 bits per heavy atom. The Morgan fingerprint density at radius 2 is 1.75 bits per heavy atom. The second-order valence-corrected chi connectivity index (χ2v) is 5.86. The lowest BCUT2D eigenvalue weighted by Gasteiger charge is -2.18. The van der Waals surface area contributed by atoms with Gasteiger partial charge in [-0.15, -0.1) is 0 Å². The molecular formula is C17H25NO2. The van der Waals surface area contributed by atoms with Gasteiger partial charge in [-0.05, 0) is 18.9 Å². The molecule has 0 bridgehead atoms. The fraction of sp³-hybridized carbons (Fsp3) is 0.647. The van der Waals surface area contributed by atoms with Crippen LogP contribution in [0.2, 0.25) is 0 Å². The Morgan fingerprint density at radius 1 is 0.950 bits per heavy atom. The molecule has 2 aliphatic rings. The number of nitrogens with one attached hydrogen (secondary N) is 1.